The Kier molecular flexibility index (Phi) is 4.88. The third-order valence-electron chi connectivity index (χ3n) is 4.08. The standard InChI is InChI=1S/C19H25N5O/c1-13(2)20-16(25)8-7-11-24-18-17(14(3)12-15(4)21-18)19(22-24)23-9-5-6-10-23/h5-6,9-10,12-13H,7-8,11H2,1-4H3,(H,20,25). The van der Waals surface area contributed by atoms with Gasteiger partial charge in [-0.05, 0) is 57.9 Å². The van der Waals surface area contributed by atoms with E-state index in [9.17, 15) is 4.79 Å². The van der Waals surface area contributed by atoms with Gasteiger partial charge in [0.15, 0.2) is 11.5 Å². The van der Waals surface area contributed by atoms with Crippen LogP contribution in [-0.2, 0) is 11.3 Å². The number of hydrogen-bond acceptors (Lipinski definition) is 3. The second-order valence-electron chi connectivity index (χ2n) is 6.74. The SMILES string of the molecule is Cc1cc(C)c2c(-n3cccc3)nn(CCCC(=O)NC(C)C)c2n1. The molecule has 3 heterocycles. The minimum atomic E-state index is 0.0809. The largest absolute Gasteiger partial charge is 0.354 e. The van der Waals surface area contributed by atoms with Gasteiger partial charge in [0.25, 0.3) is 0 Å². The van der Waals surface area contributed by atoms with Crippen LogP contribution in [0.5, 0.6) is 0 Å². The summed E-state index contributed by atoms with van der Waals surface area (Å²) in [5.74, 6) is 0.967. The molecule has 25 heavy (non-hydrogen) atoms. The quantitative estimate of drug-likeness (QED) is 0.750. The summed E-state index contributed by atoms with van der Waals surface area (Å²) in [7, 11) is 0. The number of hydrogen-bond donors (Lipinski definition) is 1. The summed E-state index contributed by atoms with van der Waals surface area (Å²) in [5, 5.41) is 8.76. The first-order valence-electron chi connectivity index (χ1n) is 8.73. The molecule has 3 aromatic heterocycles. The highest BCUT2D eigenvalue weighted by Crippen LogP contribution is 2.25. The van der Waals surface area contributed by atoms with Crippen LogP contribution in [0.4, 0.5) is 0 Å². The molecular weight excluding hydrogens is 314 g/mol. The summed E-state index contributed by atoms with van der Waals surface area (Å²) in [4.78, 5) is 16.5. The summed E-state index contributed by atoms with van der Waals surface area (Å²) in [6.45, 7) is 8.69. The first-order valence-corrected chi connectivity index (χ1v) is 8.73. The molecule has 0 radical (unpaired) electrons. The Bertz CT molecular complexity index is 877. The van der Waals surface area contributed by atoms with Crippen molar-refractivity contribution in [2.24, 2.45) is 0 Å². The molecule has 0 aliphatic heterocycles. The van der Waals surface area contributed by atoms with E-state index in [4.69, 9.17) is 10.1 Å². The number of carbonyl (C=O) groups is 1. The zero-order valence-corrected chi connectivity index (χ0v) is 15.3. The van der Waals surface area contributed by atoms with Crippen molar-refractivity contribution in [3.05, 3.63) is 41.9 Å². The van der Waals surface area contributed by atoms with E-state index in [-0.39, 0.29) is 11.9 Å². The van der Waals surface area contributed by atoms with Gasteiger partial charge in [0.2, 0.25) is 5.91 Å². The Hall–Kier alpha value is -2.63. The molecular formula is C19H25N5O. The number of nitrogens with zero attached hydrogens (tertiary/aromatic N) is 4. The van der Waals surface area contributed by atoms with Crippen molar-refractivity contribution in [1.82, 2.24) is 24.6 Å². The van der Waals surface area contributed by atoms with Crippen molar-refractivity contribution in [3.63, 3.8) is 0 Å². The molecule has 0 spiro atoms. The number of rotatable bonds is 6. The first kappa shape index (κ1) is 17.2. The molecule has 0 aliphatic carbocycles. The second-order valence-corrected chi connectivity index (χ2v) is 6.74. The lowest BCUT2D eigenvalue weighted by Crippen LogP contribution is -2.30. The van der Waals surface area contributed by atoms with Gasteiger partial charge in [-0.15, -0.1) is 0 Å². The number of aryl methyl sites for hydroxylation is 3. The van der Waals surface area contributed by atoms with Crippen LogP contribution < -0.4 is 5.32 Å². The predicted octanol–water partition coefficient (Wildman–Crippen LogP) is 3.14. The molecule has 1 amide bonds. The van der Waals surface area contributed by atoms with E-state index in [0.29, 0.717) is 13.0 Å². The minimum Gasteiger partial charge on any atom is -0.354 e. The number of nitrogens with one attached hydrogen (secondary N) is 1. The molecule has 6 heteroatoms. The summed E-state index contributed by atoms with van der Waals surface area (Å²) in [6, 6.07) is 6.22. The highest BCUT2D eigenvalue weighted by molar-refractivity contribution is 5.87. The van der Waals surface area contributed by atoms with Crippen molar-refractivity contribution in [3.8, 4) is 5.82 Å². The van der Waals surface area contributed by atoms with Gasteiger partial charge in [0.05, 0.1) is 5.39 Å². The molecule has 0 aliphatic rings. The minimum absolute atomic E-state index is 0.0809. The van der Waals surface area contributed by atoms with Gasteiger partial charge in [-0.3, -0.25) is 4.79 Å². The lowest BCUT2D eigenvalue weighted by molar-refractivity contribution is -0.121. The normalized spacial score (nSPS) is 11.4. The summed E-state index contributed by atoms with van der Waals surface area (Å²) >= 11 is 0. The maximum atomic E-state index is 11.8. The van der Waals surface area contributed by atoms with Crippen LogP contribution in [-0.4, -0.2) is 31.3 Å². The van der Waals surface area contributed by atoms with Crippen molar-refractivity contribution in [2.75, 3.05) is 0 Å². The number of fused-ring (bicyclic) bond motifs is 1. The maximum absolute atomic E-state index is 11.8. The molecule has 3 rings (SSSR count). The Labute approximate surface area is 147 Å². The summed E-state index contributed by atoms with van der Waals surface area (Å²) < 4.78 is 3.93. The number of aromatic nitrogens is 4. The molecule has 0 fully saturated rings. The summed E-state index contributed by atoms with van der Waals surface area (Å²) in [6.07, 6.45) is 5.20. The molecule has 0 saturated heterocycles. The smallest absolute Gasteiger partial charge is 0.220 e. The van der Waals surface area contributed by atoms with Crippen molar-refractivity contribution in [2.45, 2.75) is 53.1 Å². The molecule has 3 aromatic rings. The number of amides is 1. The van der Waals surface area contributed by atoms with Crippen molar-refractivity contribution < 1.29 is 4.79 Å². The van der Waals surface area contributed by atoms with Crippen LogP contribution in [0.25, 0.3) is 16.9 Å². The van der Waals surface area contributed by atoms with Crippen LogP contribution in [0.3, 0.4) is 0 Å². The molecule has 0 bridgehead atoms. The van der Waals surface area contributed by atoms with Gasteiger partial charge >= 0.3 is 0 Å². The van der Waals surface area contributed by atoms with E-state index in [0.717, 1.165) is 34.5 Å². The molecule has 0 aromatic carbocycles. The van der Waals surface area contributed by atoms with Crippen LogP contribution in [0.2, 0.25) is 0 Å². The first-order chi connectivity index (χ1) is 12.0. The fraction of sp³-hybridized carbons (Fsp3) is 0.421. The van der Waals surface area contributed by atoms with Gasteiger partial charge in [0, 0.05) is 37.1 Å². The predicted molar refractivity (Wildman–Crippen MR) is 98.8 cm³/mol. The van der Waals surface area contributed by atoms with Gasteiger partial charge < -0.3 is 9.88 Å². The molecule has 0 atom stereocenters. The fourth-order valence-electron chi connectivity index (χ4n) is 3.09. The van der Waals surface area contributed by atoms with Crippen LogP contribution in [0.1, 0.15) is 37.9 Å². The Morgan fingerprint density at radius 3 is 2.64 bits per heavy atom. The van der Waals surface area contributed by atoms with Crippen LogP contribution in [0.15, 0.2) is 30.6 Å². The lowest BCUT2D eigenvalue weighted by atomic mass is 10.2. The average Bonchev–Trinajstić information content (AvgIpc) is 3.14. The monoisotopic (exact) mass is 339 g/mol. The van der Waals surface area contributed by atoms with Crippen molar-refractivity contribution in [1.29, 1.82) is 0 Å². The third kappa shape index (κ3) is 3.73. The molecule has 0 saturated carbocycles. The fourth-order valence-corrected chi connectivity index (χ4v) is 3.09. The third-order valence-corrected chi connectivity index (χ3v) is 4.08. The van der Waals surface area contributed by atoms with E-state index in [2.05, 4.69) is 18.3 Å². The molecule has 0 unspecified atom stereocenters. The van der Waals surface area contributed by atoms with Crippen LogP contribution >= 0.6 is 0 Å². The van der Waals surface area contributed by atoms with Gasteiger partial charge in [-0.2, -0.15) is 5.10 Å². The maximum Gasteiger partial charge on any atom is 0.220 e. The van der Waals surface area contributed by atoms with E-state index < -0.39 is 0 Å². The number of carbonyl (C=O) groups excluding carboxylic acids is 1. The number of pyridine rings is 1. The van der Waals surface area contributed by atoms with E-state index in [1.165, 1.54) is 0 Å². The van der Waals surface area contributed by atoms with Gasteiger partial charge in [0.1, 0.15) is 0 Å². The Morgan fingerprint density at radius 2 is 1.96 bits per heavy atom. The zero-order chi connectivity index (χ0) is 18.0. The van der Waals surface area contributed by atoms with E-state index in [1.807, 2.05) is 54.5 Å². The topological polar surface area (TPSA) is 64.7 Å². The molecule has 1 N–H and O–H groups in total. The van der Waals surface area contributed by atoms with Gasteiger partial charge in [-0.1, -0.05) is 0 Å². The second kappa shape index (κ2) is 7.09. The van der Waals surface area contributed by atoms with E-state index >= 15 is 0 Å². The Balaban J connectivity index is 1.89. The van der Waals surface area contributed by atoms with E-state index in [1.54, 1.807) is 0 Å². The van der Waals surface area contributed by atoms with Crippen molar-refractivity contribution >= 4 is 16.9 Å². The van der Waals surface area contributed by atoms with Crippen LogP contribution in [0, 0.1) is 13.8 Å². The highest BCUT2D eigenvalue weighted by Gasteiger charge is 2.16. The molecule has 132 valence electrons. The zero-order valence-electron chi connectivity index (χ0n) is 15.3. The average molecular weight is 339 g/mol. The Morgan fingerprint density at radius 1 is 1.24 bits per heavy atom. The highest BCUT2D eigenvalue weighted by atomic mass is 16.1. The summed E-state index contributed by atoms with van der Waals surface area (Å²) in [5.41, 5.74) is 3.02. The van der Waals surface area contributed by atoms with Gasteiger partial charge in [-0.25, -0.2) is 9.67 Å². The molecule has 6 nitrogen and oxygen atoms in total. The lowest BCUT2D eigenvalue weighted by Gasteiger charge is -2.08.